The van der Waals surface area contributed by atoms with Crippen LogP contribution in [-0.2, 0) is 21.2 Å². The fraction of sp³-hybridized carbons (Fsp3) is 0.190. The number of hydrogen-bond donors (Lipinski definition) is 2. The van der Waals surface area contributed by atoms with E-state index in [-0.39, 0.29) is 6.42 Å². The number of benzene rings is 2. The Kier molecular flexibility index (Phi) is 5.86. The van der Waals surface area contributed by atoms with Crippen LogP contribution in [0.4, 0.5) is 5.69 Å². The number of sulfonamides is 1. The maximum atomic E-state index is 12.2. The second kappa shape index (κ2) is 8.16. The van der Waals surface area contributed by atoms with Gasteiger partial charge in [0, 0.05) is 0 Å². The van der Waals surface area contributed by atoms with Crippen molar-refractivity contribution >= 4 is 33.0 Å². The minimum atomic E-state index is -3.40. The lowest BCUT2D eigenvalue weighted by molar-refractivity contribution is -0.136. The van der Waals surface area contributed by atoms with E-state index < -0.39 is 21.2 Å². The Balaban J connectivity index is 1.82. The molecule has 0 aliphatic heterocycles. The van der Waals surface area contributed by atoms with Crippen molar-refractivity contribution in [3.63, 3.8) is 0 Å². The van der Waals surface area contributed by atoms with E-state index in [0.29, 0.717) is 5.69 Å². The Morgan fingerprint density at radius 2 is 1.50 bits per heavy atom. The zero-order valence-corrected chi connectivity index (χ0v) is 17.2. The summed E-state index contributed by atoms with van der Waals surface area (Å²) >= 11 is 1.48. The van der Waals surface area contributed by atoms with Gasteiger partial charge in [-0.3, -0.25) is 9.52 Å². The van der Waals surface area contributed by atoms with Crippen LogP contribution in [0.2, 0.25) is 0 Å². The highest BCUT2D eigenvalue weighted by atomic mass is 32.2. The first-order chi connectivity index (χ1) is 13.3. The van der Waals surface area contributed by atoms with Crippen molar-refractivity contribution in [2.24, 2.45) is 0 Å². The molecule has 0 spiro atoms. The summed E-state index contributed by atoms with van der Waals surface area (Å²) in [5.74, 6) is -0.850. The molecule has 0 radical (unpaired) electrons. The van der Waals surface area contributed by atoms with Crippen molar-refractivity contribution in [2.75, 3.05) is 4.72 Å². The van der Waals surface area contributed by atoms with Gasteiger partial charge < -0.3 is 5.11 Å². The molecule has 0 aliphatic rings. The van der Waals surface area contributed by atoms with Gasteiger partial charge >= 0.3 is 5.97 Å². The van der Waals surface area contributed by atoms with Crippen LogP contribution in [0.25, 0.3) is 21.6 Å². The number of carboxylic acids is 1. The summed E-state index contributed by atoms with van der Waals surface area (Å²) in [5, 5.41) is 10.2. The predicted molar refractivity (Wildman–Crippen MR) is 114 cm³/mol. The molecule has 2 N–H and O–H groups in total. The first-order valence-electron chi connectivity index (χ1n) is 8.77. The van der Waals surface area contributed by atoms with Crippen LogP contribution in [0, 0.1) is 0 Å². The van der Waals surface area contributed by atoms with Crippen molar-refractivity contribution in [2.45, 2.75) is 25.5 Å². The number of rotatable bonds is 7. The molecule has 5 nitrogen and oxygen atoms in total. The molecule has 0 saturated heterocycles. The number of hydrogen-bond acceptors (Lipinski definition) is 4. The molecule has 0 saturated carbocycles. The van der Waals surface area contributed by atoms with Gasteiger partial charge in [0.15, 0.2) is 0 Å². The van der Waals surface area contributed by atoms with Crippen LogP contribution in [0.3, 0.4) is 0 Å². The minimum Gasteiger partial charge on any atom is -0.481 e. The summed E-state index contributed by atoms with van der Waals surface area (Å²) in [5.41, 5.74) is 4.28. The maximum absolute atomic E-state index is 12.2. The molecule has 0 fully saturated rings. The van der Waals surface area contributed by atoms with Crippen molar-refractivity contribution < 1.29 is 18.3 Å². The smallest absolute Gasteiger partial charge is 0.307 e. The summed E-state index contributed by atoms with van der Waals surface area (Å²) in [4.78, 5) is 11.7. The largest absolute Gasteiger partial charge is 0.481 e. The minimum absolute atomic E-state index is 0.00660. The first-order valence-corrected chi connectivity index (χ1v) is 11.2. The van der Waals surface area contributed by atoms with Gasteiger partial charge in [0.2, 0.25) is 10.0 Å². The highest BCUT2D eigenvalue weighted by Crippen LogP contribution is 2.35. The van der Waals surface area contributed by atoms with Crippen LogP contribution in [-0.4, -0.2) is 24.7 Å². The average molecular weight is 416 g/mol. The topological polar surface area (TPSA) is 83.5 Å². The normalized spacial score (nSPS) is 11.5. The summed E-state index contributed by atoms with van der Waals surface area (Å²) in [6.45, 7) is 3.29. The molecule has 7 heteroatoms. The van der Waals surface area contributed by atoms with E-state index in [2.05, 4.69) is 4.72 Å². The third-order valence-electron chi connectivity index (χ3n) is 4.33. The summed E-state index contributed by atoms with van der Waals surface area (Å²) < 4.78 is 27.0. The van der Waals surface area contributed by atoms with E-state index >= 15 is 0 Å². The Morgan fingerprint density at radius 1 is 0.964 bits per heavy atom. The monoisotopic (exact) mass is 415 g/mol. The molecule has 0 aliphatic carbocycles. The van der Waals surface area contributed by atoms with Crippen LogP contribution in [0.15, 0.2) is 60.0 Å². The van der Waals surface area contributed by atoms with Crippen LogP contribution in [0.1, 0.15) is 19.4 Å². The van der Waals surface area contributed by atoms with Gasteiger partial charge in [0.25, 0.3) is 0 Å². The summed E-state index contributed by atoms with van der Waals surface area (Å²) in [6, 6.07) is 17.1. The van der Waals surface area contributed by atoms with Crippen LogP contribution < -0.4 is 4.72 Å². The van der Waals surface area contributed by atoms with E-state index in [0.717, 1.165) is 27.1 Å². The Labute approximate surface area is 168 Å². The van der Waals surface area contributed by atoms with E-state index in [1.54, 1.807) is 19.9 Å². The average Bonchev–Trinajstić information content (AvgIpc) is 3.09. The predicted octanol–water partition coefficient (Wildman–Crippen LogP) is 4.86. The Morgan fingerprint density at radius 3 is 2.04 bits per heavy atom. The lowest BCUT2D eigenvalue weighted by atomic mass is 10.0. The molecular weight excluding hydrogens is 394 g/mol. The van der Waals surface area contributed by atoms with E-state index in [4.69, 9.17) is 5.11 Å². The number of aliphatic carboxylic acids is 1. The molecule has 1 aromatic heterocycles. The van der Waals surface area contributed by atoms with Crippen LogP contribution >= 0.6 is 11.3 Å². The van der Waals surface area contributed by atoms with Gasteiger partial charge in [-0.05, 0) is 47.5 Å². The van der Waals surface area contributed by atoms with Crippen molar-refractivity contribution in [3.05, 3.63) is 65.5 Å². The number of thiophene rings is 1. The fourth-order valence-electron chi connectivity index (χ4n) is 2.69. The highest BCUT2D eigenvalue weighted by Gasteiger charge is 2.18. The molecule has 28 heavy (non-hydrogen) atoms. The second-order valence-corrected chi connectivity index (χ2v) is 9.86. The van der Waals surface area contributed by atoms with Gasteiger partial charge in [-0.1, -0.05) is 48.5 Å². The molecular formula is C21H21NO4S2. The third-order valence-corrected chi connectivity index (χ3v) is 7.04. The molecule has 0 bridgehead atoms. The van der Waals surface area contributed by atoms with Crippen LogP contribution in [0.5, 0.6) is 0 Å². The molecule has 0 unspecified atom stereocenters. The van der Waals surface area contributed by atoms with Crippen molar-refractivity contribution in [3.8, 4) is 21.6 Å². The van der Waals surface area contributed by atoms with Crippen molar-refractivity contribution in [1.29, 1.82) is 0 Å². The Bertz CT molecular complexity index is 1070. The van der Waals surface area contributed by atoms with Gasteiger partial charge in [-0.2, -0.15) is 0 Å². The molecule has 0 atom stereocenters. The highest BCUT2D eigenvalue weighted by molar-refractivity contribution is 7.93. The van der Waals surface area contributed by atoms with Gasteiger partial charge in [0.05, 0.1) is 22.2 Å². The molecule has 146 valence electrons. The van der Waals surface area contributed by atoms with E-state index in [1.807, 2.05) is 53.9 Å². The van der Waals surface area contributed by atoms with Crippen molar-refractivity contribution in [1.82, 2.24) is 0 Å². The standard InChI is InChI=1S/C21H21NO4S2/c1-14(2)28(25,26)22-19-11-12-27-21(19)18-9-7-17(8-10-18)16-5-3-15(4-6-16)13-20(23)24/h3-12,14,22H,13H2,1-2H3,(H,23,24). The SMILES string of the molecule is CC(C)S(=O)(=O)Nc1ccsc1-c1ccc(-c2ccc(CC(=O)O)cc2)cc1. The third kappa shape index (κ3) is 4.61. The Hall–Kier alpha value is -2.64. The molecule has 1 heterocycles. The summed E-state index contributed by atoms with van der Waals surface area (Å²) in [7, 11) is -3.40. The van der Waals surface area contributed by atoms with E-state index in [9.17, 15) is 13.2 Å². The molecule has 0 amide bonds. The van der Waals surface area contributed by atoms with E-state index in [1.165, 1.54) is 11.3 Å². The van der Waals surface area contributed by atoms with Gasteiger partial charge in [-0.25, -0.2) is 8.42 Å². The molecule has 3 aromatic rings. The second-order valence-electron chi connectivity index (χ2n) is 6.70. The zero-order chi connectivity index (χ0) is 20.3. The maximum Gasteiger partial charge on any atom is 0.307 e. The first kappa shape index (κ1) is 20.1. The zero-order valence-electron chi connectivity index (χ0n) is 15.5. The quantitative estimate of drug-likeness (QED) is 0.577. The van der Waals surface area contributed by atoms with Gasteiger partial charge in [0.1, 0.15) is 0 Å². The van der Waals surface area contributed by atoms with Gasteiger partial charge in [-0.15, -0.1) is 11.3 Å². The number of nitrogens with one attached hydrogen (secondary N) is 1. The number of carbonyl (C=O) groups is 1. The summed E-state index contributed by atoms with van der Waals surface area (Å²) in [6.07, 6.45) is 0.00660. The fourth-order valence-corrected chi connectivity index (χ4v) is 4.32. The number of anilines is 1. The lowest BCUT2D eigenvalue weighted by Crippen LogP contribution is -2.22. The lowest BCUT2D eigenvalue weighted by Gasteiger charge is -2.12. The molecule has 3 rings (SSSR count). The number of carboxylic acid groups (broad SMARTS) is 1. The molecule has 2 aromatic carbocycles.